The minimum absolute atomic E-state index is 0.683. The lowest BCUT2D eigenvalue weighted by Gasteiger charge is -2.33. The highest BCUT2D eigenvalue weighted by molar-refractivity contribution is 5.57. The fourth-order valence-corrected chi connectivity index (χ4v) is 3.39. The SMILES string of the molecule is Cc1cccc(Nc2cnnc(N3CCN(C/C=C/c4ccccc4)CC3)n2)c1. The van der Waals surface area contributed by atoms with Crippen molar-refractivity contribution in [3.05, 3.63) is 78.0 Å². The number of nitrogens with one attached hydrogen (secondary N) is 1. The smallest absolute Gasteiger partial charge is 0.247 e. The molecule has 1 N–H and O–H groups in total. The highest BCUT2D eigenvalue weighted by Crippen LogP contribution is 2.17. The predicted octanol–water partition coefficient (Wildman–Crippen LogP) is 3.76. The molecular formula is C23H26N6. The Labute approximate surface area is 171 Å². The lowest BCUT2D eigenvalue weighted by molar-refractivity contribution is 0.282. The van der Waals surface area contributed by atoms with Crippen LogP contribution in [0.5, 0.6) is 0 Å². The Bertz CT molecular complexity index is 948. The van der Waals surface area contributed by atoms with E-state index in [2.05, 4.69) is 85.8 Å². The second kappa shape index (κ2) is 9.30. The fourth-order valence-electron chi connectivity index (χ4n) is 3.39. The second-order valence-electron chi connectivity index (χ2n) is 7.24. The van der Waals surface area contributed by atoms with E-state index in [-0.39, 0.29) is 0 Å². The normalized spacial score (nSPS) is 15.0. The minimum atomic E-state index is 0.683. The highest BCUT2D eigenvalue weighted by atomic mass is 15.4. The average Bonchev–Trinajstić information content (AvgIpc) is 2.75. The maximum atomic E-state index is 4.66. The van der Waals surface area contributed by atoms with Crippen molar-refractivity contribution in [3.8, 4) is 0 Å². The van der Waals surface area contributed by atoms with Gasteiger partial charge in [-0.25, -0.2) is 0 Å². The van der Waals surface area contributed by atoms with Gasteiger partial charge in [0, 0.05) is 38.4 Å². The number of hydrogen-bond acceptors (Lipinski definition) is 6. The number of rotatable bonds is 6. The van der Waals surface area contributed by atoms with E-state index in [1.165, 1.54) is 11.1 Å². The molecule has 1 fully saturated rings. The van der Waals surface area contributed by atoms with Gasteiger partial charge in [0.05, 0.1) is 6.20 Å². The standard InChI is InChI=1S/C23H26N6/c1-19-7-5-11-21(17-19)25-22-18-24-27-23(26-22)29-15-13-28(14-16-29)12-6-10-20-8-3-2-4-9-20/h2-11,17-18H,12-16H2,1H3,(H,25,26,27)/b10-6+. The third-order valence-electron chi connectivity index (χ3n) is 4.97. The molecule has 3 aromatic rings. The summed E-state index contributed by atoms with van der Waals surface area (Å²) >= 11 is 0. The molecule has 0 amide bonds. The van der Waals surface area contributed by atoms with Crippen LogP contribution in [0.25, 0.3) is 6.08 Å². The molecule has 0 unspecified atom stereocenters. The van der Waals surface area contributed by atoms with Gasteiger partial charge < -0.3 is 10.2 Å². The zero-order valence-corrected chi connectivity index (χ0v) is 16.7. The van der Waals surface area contributed by atoms with E-state index >= 15 is 0 Å². The zero-order valence-electron chi connectivity index (χ0n) is 16.7. The summed E-state index contributed by atoms with van der Waals surface area (Å²) in [7, 11) is 0. The van der Waals surface area contributed by atoms with Gasteiger partial charge in [-0.3, -0.25) is 4.90 Å². The Balaban J connectivity index is 1.31. The number of nitrogens with zero attached hydrogens (tertiary/aromatic N) is 5. The largest absolute Gasteiger partial charge is 0.339 e. The lowest BCUT2D eigenvalue weighted by atomic mass is 10.2. The van der Waals surface area contributed by atoms with Crippen LogP contribution in [0.2, 0.25) is 0 Å². The van der Waals surface area contributed by atoms with E-state index in [1.54, 1.807) is 6.20 Å². The van der Waals surface area contributed by atoms with Crippen molar-refractivity contribution >= 4 is 23.5 Å². The number of piperazine rings is 1. The number of aryl methyl sites for hydroxylation is 1. The molecule has 29 heavy (non-hydrogen) atoms. The molecule has 0 spiro atoms. The fraction of sp³-hybridized carbons (Fsp3) is 0.261. The molecule has 1 aliphatic rings. The predicted molar refractivity (Wildman–Crippen MR) is 118 cm³/mol. The topological polar surface area (TPSA) is 57.2 Å². The molecule has 4 rings (SSSR count). The van der Waals surface area contributed by atoms with Crippen LogP contribution in [-0.4, -0.2) is 52.8 Å². The third kappa shape index (κ3) is 5.39. The number of hydrogen-bond donors (Lipinski definition) is 1. The highest BCUT2D eigenvalue weighted by Gasteiger charge is 2.18. The molecule has 1 aromatic heterocycles. The van der Waals surface area contributed by atoms with Crippen molar-refractivity contribution in [1.82, 2.24) is 20.1 Å². The van der Waals surface area contributed by atoms with E-state index in [1.807, 2.05) is 18.2 Å². The first-order valence-electron chi connectivity index (χ1n) is 9.98. The molecule has 6 heteroatoms. The van der Waals surface area contributed by atoms with Crippen molar-refractivity contribution in [1.29, 1.82) is 0 Å². The van der Waals surface area contributed by atoms with E-state index < -0.39 is 0 Å². The first-order chi connectivity index (χ1) is 14.3. The van der Waals surface area contributed by atoms with Gasteiger partial charge in [0.1, 0.15) is 0 Å². The number of anilines is 3. The van der Waals surface area contributed by atoms with Gasteiger partial charge >= 0.3 is 0 Å². The van der Waals surface area contributed by atoms with Crippen LogP contribution in [-0.2, 0) is 0 Å². The van der Waals surface area contributed by atoms with Crippen molar-refractivity contribution in [2.75, 3.05) is 42.9 Å². The summed E-state index contributed by atoms with van der Waals surface area (Å²) in [6, 6.07) is 18.6. The molecule has 1 saturated heterocycles. The maximum Gasteiger partial charge on any atom is 0.247 e. The van der Waals surface area contributed by atoms with Crippen LogP contribution in [0.1, 0.15) is 11.1 Å². The van der Waals surface area contributed by atoms with E-state index in [0.717, 1.165) is 38.4 Å². The van der Waals surface area contributed by atoms with Gasteiger partial charge in [0.2, 0.25) is 5.95 Å². The second-order valence-corrected chi connectivity index (χ2v) is 7.24. The Morgan fingerprint density at radius 1 is 1.00 bits per heavy atom. The Morgan fingerprint density at radius 2 is 1.83 bits per heavy atom. The molecule has 0 radical (unpaired) electrons. The van der Waals surface area contributed by atoms with Crippen LogP contribution < -0.4 is 10.2 Å². The first-order valence-corrected chi connectivity index (χ1v) is 9.98. The van der Waals surface area contributed by atoms with Gasteiger partial charge in [-0.2, -0.15) is 10.1 Å². The Hall–Kier alpha value is -3.25. The van der Waals surface area contributed by atoms with Crippen LogP contribution in [0.4, 0.5) is 17.5 Å². The van der Waals surface area contributed by atoms with Crippen molar-refractivity contribution < 1.29 is 0 Å². The summed E-state index contributed by atoms with van der Waals surface area (Å²) < 4.78 is 0. The molecule has 2 aromatic carbocycles. The van der Waals surface area contributed by atoms with E-state index in [0.29, 0.717) is 11.8 Å². The van der Waals surface area contributed by atoms with Crippen molar-refractivity contribution in [2.24, 2.45) is 0 Å². The molecule has 1 aliphatic heterocycles. The first kappa shape index (κ1) is 19.1. The lowest BCUT2D eigenvalue weighted by Crippen LogP contribution is -2.47. The monoisotopic (exact) mass is 386 g/mol. The molecule has 0 saturated carbocycles. The molecule has 2 heterocycles. The molecule has 6 nitrogen and oxygen atoms in total. The summed E-state index contributed by atoms with van der Waals surface area (Å²) in [4.78, 5) is 9.30. The zero-order chi connectivity index (χ0) is 19.9. The van der Waals surface area contributed by atoms with E-state index in [9.17, 15) is 0 Å². The van der Waals surface area contributed by atoms with Crippen LogP contribution >= 0.6 is 0 Å². The molecule has 0 atom stereocenters. The quantitative estimate of drug-likeness (QED) is 0.696. The molecule has 148 valence electrons. The van der Waals surface area contributed by atoms with Gasteiger partial charge in [-0.15, -0.1) is 5.10 Å². The van der Waals surface area contributed by atoms with Crippen LogP contribution in [0, 0.1) is 6.92 Å². The maximum absolute atomic E-state index is 4.66. The van der Waals surface area contributed by atoms with Gasteiger partial charge in [0.25, 0.3) is 0 Å². The summed E-state index contributed by atoms with van der Waals surface area (Å²) in [5.41, 5.74) is 3.45. The summed E-state index contributed by atoms with van der Waals surface area (Å²) in [6.45, 7) is 6.79. The third-order valence-corrected chi connectivity index (χ3v) is 4.97. The average molecular weight is 387 g/mol. The molecule has 0 aliphatic carbocycles. The summed E-state index contributed by atoms with van der Waals surface area (Å²) in [5, 5.41) is 11.7. The van der Waals surface area contributed by atoms with Gasteiger partial charge in [0.15, 0.2) is 5.82 Å². The van der Waals surface area contributed by atoms with Crippen molar-refractivity contribution in [3.63, 3.8) is 0 Å². The minimum Gasteiger partial charge on any atom is -0.339 e. The summed E-state index contributed by atoms with van der Waals surface area (Å²) in [6.07, 6.45) is 6.08. The summed E-state index contributed by atoms with van der Waals surface area (Å²) in [5.74, 6) is 1.40. The van der Waals surface area contributed by atoms with Crippen molar-refractivity contribution in [2.45, 2.75) is 6.92 Å². The van der Waals surface area contributed by atoms with Gasteiger partial charge in [-0.1, -0.05) is 54.6 Å². The Kier molecular flexibility index (Phi) is 6.12. The van der Waals surface area contributed by atoms with Crippen LogP contribution in [0.15, 0.2) is 66.9 Å². The number of aromatic nitrogens is 3. The van der Waals surface area contributed by atoms with Crippen LogP contribution in [0.3, 0.4) is 0 Å². The number of benzene rings is 2. The van der Waals surface area contributed by atoms with E-state index in [4.69, 9.17) is 0 Å². The van der Waals surface area contributed by atoms with Gasteiger partial charge in [-0.05, 0) is 30.2 Å². The molecule has 0 bridgehead atoms. The Morgan fingerprint density at radius 3 is 2.62 bits per heavy atom. The molecular weight excluding hydrogens is 360 g/mol.